The lowest BCUT2D eigenvalue weighted by atomic mass is 9.96. The summed E-state index contributed by atoms with van der Waals surface area (Å²) >= 11 is 0. The standard InChI is InChI=1S/C11H18O.C2H6/c1-8(2)9(3)6-7-10(4)11(5)12;1-2/h10H,1,3,6-7H2,2,4-5H3;1-2H3. The van der Waals surface area contributed by atoms with Crippen molar-refractivity contribution < 1.29 is 4.79 Å². The predicted octanol–water partition coefficient (Wildman–Crippen LogP) is 4.15. The second-order valence-corrected chi connectivity index (χ2v) is 3.43. The van der Waals surface area contributed by atoms with Crippen LogP contribution in [0.4, 0.5) is 0 Å². The van der Waals surface area contributed by atoms with Gasteiger partial charge in [0.25, 0.3) is 0 Å². The highest BCUT2D eigenvalue weighted by molar-refractivity contribution is 5.77. The van der Waals surface area contributed by atoms with Crippen molar-refractivity contribution in [1.82, 2.24) is 0 Å². The van der Waals surface area contributed by atoms with Gasteiger partial charge in [0.05, 0.1) is 0 Å². The molecule has 0 bridgehead atoms. The summed E-state index contributed by atoms with van der Waals surface area (Å²) < 4.78 is 0. The second kappa shape index (κ2) is 8.74. The molecule has 1 heteroatoms. The van der Waals surface area contributed by atoms with Gasteiger partial charge in [-0.25, -0.2) is 0 Å². The van der Waals surface area contributed by atoms with Gasteiger partial charge in [0.15, 0.2) is 0 Å². The van der Waals surface area contributed by atoms with Crippen molar-refractivity contribution in [2.75, 3.05) is 0 Å². The maximum atomic E-state index is 10.9. The molecule has 0 aromatic carbocycles. The van der Waals surface area contributed by atoms with Crippen LogP contribution in [0.1, 0.15) is 47.5 Å². The van der Waals surface area contributed by atoms with Crippen LogP contribution in [0.5, 0.6) is 0 Å². The summed E-state index contributed by atoms with van der Waals surface area (Å²) in [5.74, 6) is 0.408. The highest BCUT2D eigenvalue weighted by Gasteiger charge is 2.07. The molecule has 0 spiro atoms. The fourth-order valence-corrected chi connectivity index (χ4v) is 0.807. The molecule has 0 N–H and O–H groups in total. The molecule has 1 unspecified atom stereocenters. The average Bonchev–Trinajstić information content (AvgIpc) is 2.16. The van der Waals surface area contributed by atoms with Gasteiger partial charge in [0, 0.05) is 5.92 Å². The summed E-state index contributed by atoms with van der Waals surface area (Å²) in [6.45, 7) is 17.2. The van der Waals surface area contributed by atoms with Crippen LogP contribution in [0, 0.1) is 5.92 Å². The Morgan fingerprint density at radius 2 is 1.64 bits per heavy atom. The molecule has 1 nitrogen and oxygen atoms in total. The first-order valence-electron chi connectivity index (χ1n) is 5.29. The van der Waals surface area contributed by atoms with Gasteiger partial charge in [0.2, 0.25) is 0 Å². The normalized spacial score (nSPS) is 10.9. The van der Waals surface area contributed by atoms with Crippen LogP contribution >= 0.6 is 0 Å². The van der Waals surface area contributed by atoms with E-state index in [1.165, 1.54) is 0 Å². The van der Waals surface area contributed by atoms with E-state index in [2.05, 4.69) is 13.2 Å². The summed E-state index contributed by atoms with van der Waals surface area (Å²) in [4.78, 5) is 10.9. The lowest BCUT2D eigenvalue weighted by Gasteiger charge is -2.08. The largest absolute Gasteiger partial charge is 0.300 e. The fourth-order valence-electron chi connectivity index (χ4n) is 0.807. The first-order valence-corrected chi connectivity index (χ1v) is 5.29. The van der Waals surface area contributed by atoms with E-state index < -0.39 is 0 Å². The van der Waals surface area contributed by atoms with E-state index in [0.717, 1.165) is 24.0 Å². The van der Waals surface area contributed by atoms with Gasteiger partial charge in [-0.15, -0.1) is 0 Å². The van der Waals surface area contributed by atoms with Crippen molar-refractivity contribution in [3.8, 4) is 0 Å². The number of carbonyl (C=O) groups is 1. The molecule has 0 radical (unpaired) electrons. The molecule has 82 valence electrons. The number of hydrogen-bond acceptors (Lipinski definition) is 1. The predicted molar refractivity (Wildman–Crippen MR) is 64.4 cm³/mol. The lowest BCUT2D eigenvalue weighted by Crippen LogP contribution is -2.06. The molecule has 0 amide bonds. The van der Waals surface area contributed by atoms with E-state index in [-0.39, 0.29) is 11.7 Å². The summed E-state index contributed by atoms with van der Waals surface area (Å²) in [5.41, 5.74) is 2.08. The van der Waals surface area contributed by atoms with Crippen LogP contribution in [-0.4, -0.2) is 5.78 Å². The summed E-state index contributed by atoms with van der Waals surface area (Å²) in [6.07, 6.45) is 1.77. The summed E-state index contributed by atoms with van der Waals surface area (Å²) in [6, 6.07) is 0. The Kier molecular flexibility index (Phi) is 9.74. The maximum absolute atomic E-state index is 10.9. The van der Waals surface area contributed by atoms with Crippen LogP contribution < -0.4 is 0 Å². The second-order valence-electron chi connectivity index (χ2n) is 3.43. The van der Waals surface area contributed by atoms with E-state index in [9.17, 15) is 4.79 Å². The quantitative estimate of drug-likeness (QED) is 0.604. The van der Waals surface area contributed by atoms with Gasteiger partial charge in [-0.1, -0.05) is 45.1 Å². The zero-order valence-corrected chi connectivity index (χ0v) is 10.3. The first-order chi connectivity index (χ1) is 6.45. The Morgan fingerprint density at radius 3 is 1.93 bits per heavy atom. The van der Waals surface area contributed by atoms with Crippen molar-refractivity contribution >= 4 is 5.78 Å². The Labute approximate surface area is 88.9 Å². The minimum Gasteiger partial charge on any atom is -0.300 e. The van der Waals surface area contributed by atoms with Crippen molar-refractivity contribution in [3.63, 3.8) is 0 Å². The molecule has 0 aliphatic heterocycles. The van der Waals surface area contributed by atoms with Crippen LogP contribution in [-0.2, 0) is 4.79 Å². The summed E-state index contributed by atoms with van der Waals surface area (Å²) in [7, 11) is 0. The highest BCUT2D eigenvalue weighted by Crippen LogP contribution is 2.15. The zero-order valence-electron chi connectivity index (χ0n) is 10.3. The number of allylic oxidation sites excluding steroid dienone is 2. The fraction of sp³-hybridized carbons (Fsp3) is 0.615. The molecule has 0 aliphatic rings. The zero-order chi connectivity index (χ0) is 11.7. The van der Waals surface area contributed by atoms with Crippen LogP contribution in [0.15, 0.2) is 24.3 Å². The third-order valence-electron chi connectivity index (χ3n) is 2.18. The number of hydrogen-bond donors (Lipinski definition) is 0. The van der Waals surface area contributed by atoms with Crippen molar-refractivity contribution in [2.45, 2.75) is 47.5 Å². The maximum Gasteiger partial charge on any atom is 0.132 e. The molecular weight excluding hydrogens is 172 g/mol. The lowest BCUT2D eigenvalue weighted by molar-refractivity contribution is -0.120. The van der Waals surface area contributed by atoms with Gasteiger partial charge >= 0.3 is 0 Å². The highest BCUT2D eigenvalue weighted by atomic mass is 16.1. The van der Waals surface area contributed by atoms with Gasteiger partial charge in [-0.3, -0.25) is 4.79 Å². The molecule has 14 heavy (non-hydrogen) atoms. The molecule has 0 saturated carbocycles. The Bertz CT molecular complexity index is 201. The number of carbonyl (C=O) groups excluding carboxylic acids is 1. The molecular formula is C13H24O. The Balaban J connectivity index is 0. The molecule has 0 aromatic heterocycles. The molecule has 0 fully saturated rings. The molecule has 0 aliphatic carbocycles. The van der Waals surface area contributed by atoms with E-state index in [1.807, 2.05) is 27.7 Å². The van der Waals surface area contributed by atoms with Crippen molar-refractivity contribution in [3.05, 3.63) is 24.3 Å². The molecule has 0 heterocycles. The van der Waals surface area contributed by atoms with Gasteiger partial charge < -0.3 is 0 Å². The smallest absolute Gasteiger partial charge is 0.132 e. The van der Waals surface area contributed by atoms with E-state index >= 15 is 0 Å². The topological polar surface area (TPSA) is 17.1 Å². The van der Waals surface area contributed by atoms with Crippen LogP contribution in [0.2, 0.25) is 0 Å². The molecule has 0 rings (SSSR count). The van der Waals surface area contributed by atoms with Crippen LogP contribution in [0.3, 0.4) is 0 Å². The van der Waals surface area contributed by atoms with E-state index in [4.69, 9.17) is 0 Å². The van der Waals surface area contributed by atoms with E-state index in [0.29, 0.717) is 0 Å². The molecule has 0 aromatic rings. The SMILES string of the molecule is C=C(C)C(=C)CCC(C)C(C)=O.CC. The first kappa shape index (κ1) is 15.6. The summed E-state index contributed by atoms with van der Waals surface area (Å²) in [5, 5.41) is 0. The van der Waals surface area contributed by atoms with Crippen LogP contribution in [0.25, 0.3) is 0 Å². The van der Waals surface area contributed by atoms with Crippen molar-refractivity contribution in [2.24, 2.45) is 5.92 Å². The number of ketones is 1. The van der Waals surface area contributed by atoms with Crippen molar-refractivity contribution in [1.29, 1.82) is 0 Å². The number of Topliss-reactive ketones (excluding diaryl/α,β-unsaturated/α-hetero) is 1. The third-order valence-corrected chi connectivity index (χ3v) is 2.18. The van der Waals surface area contributed by atoms with Gasteiger partial charge in [-0.05, 0) is 26.7 Å². The Hall–Kier alpha value is -0.850. The minimum absolute atomic E-state index is 0.154. The van der Waals surface area contributed by atoms with Gasteiger partial charge in [-0.2, -0.15) is 0 Å². The average molecular weight is 196 g/mol. The number of rotatable bonds is 5. The molecule has 0 saturated heterocycles. The molecule has 1 atom stereocenters. The van der Waals surface area contributed by atoms with Gasteiger partial charge in [0.1, 0.15) is 5.78 Å². The van der Waals surface area contributed by atoms with E-state index in [1.54, 1.807) is 6.92 Å². The monoisotopic (exact) mass is 196 g/mol. The third kappa shape index (κ3) is 7.78. The minimum atomic E-state index is 0.154. The Morgan fingerprint density at radius 1 is 1.21 bits per heavy atom.